The maximum absolute atomic E-state index is 5.84. The van der Waals surface area contributed by atoms with Crippen molar-refractivity contribution in [2.75, 3.05) is 5.32 Å². The molecule has 2 aromatic carbocycles. The van der Waals surface area contributed by atoms with E-state index < -0.39 is 0 Å². The maximum Gasteiger partial charge on any atom is 0.126 e. The van der Waals surface area contributed by atoms with Crippen molar-refractivity contribution in [3.05, 3.63) is 90.1 Å². The quantitative estimate of drug-likeness (QED) is 0.736. The number of benzene rings is 2. The van der Waals surface area contributed by atoms with Crippen LogP contribution < -0.4 is 10.1 Å². The van der Waals surface area contributed by atoms with Gasteiger partial charge in [0.15, 0.2) is 0 Å². The topological polar surface area (TPSA) is 34.1 Å². The monoisotopic (exact) mass is 290 g/mol. The number of rotatable bonds is 6. The third kappa shape index (κ3) is 4.09. The molecule has 0 saturated carbocycles. The molecule has 22 heavy (non-hydrogen) atoms. The number of hydrogen-bond acceptors (Lipinski definition) is 3. The number of nitrogens with zero attached hydrogens (tertiary/aromatic N) is 1. The minimum atomic E-state index is 0.581. The van der Waals surface area contributed by atoms with Crippen LogP contribution in [0.25, 0.3) is 0 Å². The minimum Gasteiger partial charge on any atom is -0.489 e. The lowest BCUT2D eigenvalue weighted by molar-refractivity contribution is 0.306. The van der Waals surface area contributed by atoms with Crippen LogP contribution in [-0.2, 0) is 13.2 Å². The smallest absolute Gasteiger partial charge is 0.126 e. The molecule has 0 aliphatic rings. The highest BCUT2D eigenvalue weighted by Crippen LogP contribution is 2.16. The predicted molar refractivity (Wildman–Crippen MR) is 88.8 cm³/mol. The van der Waals surface area contributed by atoms with E-state index in [1.807, 2.05) is 48.5 Å². The summed E-state index contributed by atoms with van der Waals surface area (Å²) in [4.78, 5) is 4.25. The summed E-state index contributed by atoms with van der Waals surface area (Å²) < 4.78 is 5.84. The molecule has 0 spiro atoms. The van der Waals surface area contributed by atoms with Crippen LogP contribution in [0.15, 0.2) is 79.0 Å². The van der Waals surface area contributed by atoms with Gasteiger partial charge in [-0.3, -0.25) is 0 Å². The Bertz CT molecular complexity index is 640. The molecule has 1 N–H and O–H groups in total. The number of pyridine rings is 1. The van der Waals surface area contributed by atoms with Crippen molar-refractivity contribution < 1.29 is 4.74 Å². The summed E-state index contributed by atoms with van der Waals surface area (Å²) in [5, 5.41) is 3.30. The molecule has 1 aromatic heterocycles. The van der Waals surface area contributed by atoms with Crippen LogP contribution >= 0.6 is 0 Å². The van der Waals surface area contributed by atoms with E-state index in [1.165, 1.54) is 5.56 Å². The van der Waals surface area contributed by atoms with Crippen molar-refractivity contribution in [3.63, 3.8) is 0 Å². The molecule has 0 bridgehead atoms. The van der Waals surface area contributed by atoms with Crippen LogP contribution in [0.4, 0.5) is 5.82 Å². The molecule has 0 radical (unpaired) electrons. The lowest BCUT2D eigenvalue weighted by Gasteiger charge is -2.09. The first-order chi connectivity index (χ1) is 10.9. The highest BCUT2D eigenvalue weighted by atomic mass is 16.5. The lowest BCUT2D eigenvalue weighted by Crippen LogP contribution is -2.01. The van der Waals surface area contributed by atoms with Gasteiger partial charge in [-0.15, -0.1) is 0 Å². The molecule has 0 aliphatic carbocycles. The Hall–Kier alpha value is -2.81. The summed E-state index contributed by atoms with van der Waals surface area (Å²) in [6, 6.07) is 24.1. The van der Waals surface area contributed by atoms with Gasteiger partial charge in [0, 0.05) is 12.7 Å². The van der Waals surface area contributed by atoms with Crippen LogP contribution in [0.3, 0.4) is 0 Å². The first kappa shape index (κ1) is 14.1. The fourth-order valence-electron chi connectivity index (χ4n) is 2.15. The first-order valence-electron chi connectivity index (χ1n) is 7.31. The third-order valence-corrected chi connectivity index (χ3v) is 3.29. The highest BCUT2D eigenvalue weighted by Gasteiger charge is 1.99. The Kier molecular flexibility index (Phi) is 4.67. The van der Waals surface area contributed by atoms with Gasteiger partial charge < -0.3 is 10.1 Å². The number of aromatic nitrogens is 1. The van der Waals surface area contributed by atoms with Crippen LogP contribution in [0.5, 0.6) is 5.75 Å². The molecule has 0 aliphatic heterocycles. The number of ether oxygens (including phenoxy) is 1. The molecule has 0 unspecified atom stereocenters. The molecule has 110 valence electrons. The van der Waals surface area contributed by atoms with Crippen molar-refractivity contribution in [3.8, 4) is 5.75 Å². The van der Waals surface area contributed by atoms with E-state index >= 15 is 0 Å². The van der Waals surface area contributed by atoms with E-state index in [9.17, 15) is 0 Å². The Balaban J connectivity index is 1.58. The molecule has 0 fully saturated rings. The fourth-order valence-corrected chi connectivity index (χ4v) is 2.15. The molecule has 3 rings (SSSR count). The first-order valence-corrected chi connectivity index (χ1v) is 7.31. The van der Waals surface area contributed by atoms with Crippen molar-refractivity contribution >= 4 is 5.82 Å². The summed E-state index contributed by atoms with van der Waals surface area (Å²) in [6.07, 6.45) is 1.78. The molecule has 0 atom stereocenters. The predicted octanol–water partition coefficient (Wildman–Crippen LogP) is 4.27. The highest BCUT2D eigenvalue weighted by molar-refractivity contribution is 5.36. The SMILES string of the molecule is c1ccc(COc2cccc(CNc3ccccn3)c2)cc1. The van der Waals surface area contributed by atoms with Crippen molar-refractivity contribution in [2.24, 2.45) is 0 Å². The largest absolute Gasteiger partial charge is 0.489 e. The Morgan fingerprint density at radius 3 is 2.45 bits per heavy atom. The van der Waals surface area contributed by atoms with E-state index in [2.05, 4.69) is 34.6 Å². The number of nitrogens with one attached hydrogen (secondary N) is 1. The number of anilines is 1. The van der Waals surface area contributed by atoms with Crippen LogP contribution in [0.2, 0.25) is 0 Å². The normalized spacial score (nSPS) is 10.2. The summed E-state index contributed by atoms with van der Waals surface area (Å²) >= 11 is 0. The standard InChI is InChI=1S/C19H18N2O/c1-2-7-16(8-3-1)15-22-18-10-6-9-17(13-18)14-21-19-11-4-5-12-20-19/h1-13H,14-15H2,(H,20,21). The Morgan fingerprint density at radius 2 is 1.64 bits per heavy atom. The van der Waals surface area contributed by atoms with E-state index in [0.29, 0.717) is 6.61 Å². The molecular formula is C19H18N2O. The van der Waals surface area contributed by atoms with E-state index in [-0.39, 0.29) is 0 Å². The van der Waals surface area contributed by atoms with E-state index in [1.54, 1.807) is 6.20 Å². The zero-order valence-electron chi connectivity index (χ0n) is 12.3. The fraction of sp³-hybridized carbons (Fsp3) is 0.105. The van der Waals surface area contributed by atoms with Crippen molar-refractivity contribution in [2.45, 2.75) is 13.2 Å². The molecule has 0 saturated heterocycles. The molecule has 3 nitrogen and oxygen atoms in total. The Labute approximate surface area is 130 Å². The Morgan fingerprint density at radius 1 is 0.818 bits per heavy atom. The number of hydrogen-bond donors (Lipinski definition) is 1. The molecule has 3 heteroatoms. The summed E-state index contributed by atoms with van der Waals surface area (Å²) in [5.41, 5.74) is 2.33. The van der Waals surface area contributed by atoms with Crippen LogP contribution in [-0.4, -0.2) is 4.98 Å². The second-order valence-corrected chi connectivity index (χ2v) is 4.99. The van der Waals surface area contributed by atoms with Gasteiger partial charge in [-0.1, -0.05) is 48.5 Å². The van der Waals surface area contributed by atoms with Gasteiger partial charge in [-0.2, -0.15) is 0 Å². The molecular weight excluding hydrogens is 272 g/mol. The van der Waals surface area contributed by atoms with Crippen molar-refractivity contribution in [1.29, 1.82) is 0 Å². The zero-order chi connectivity index (χ0) is 15.0. The van der Waals surface area contributed by atoms with Crippen LogP contribution in [0, 0.1) is 0 Å². The van der Waals surface area contributed by atoms with E-state index in [0.717, 1.165) is 23.7 Å². The summed E-state index contributed by atoms with van der Waals surface area (Å²) in [5.74, 6) is 1.75. The van der Waals surface area contributed by atoms with Crippen LogP contribution in [0.1, 0.15) is 11.1 Å². The van der Waals surface area contributed by atoms with Crippen molar-refractivity contribution in [1.82, 2.24) is 4.98 Å². The zero-order valence-corrected chi connectivity index (χ0v) is 12.3. The average Bonchev–Trinajstić information content (AvgIpc) is 2.60. The second kappa shape index (κ2) is 7.27. The van der Waals surface area contributed by atoms with Gasteiger partial charge in [-0.25, -0.2) is 4.98 Å². The second-order valence-electron chi connectivity index (χ2n) is 4.99. The third-order valence-electron chi connectivity index (χ3n) is 3.29. The summed E-state index contributed by atoms with van der Waals surface area (Å²) in [6.45, 7) is 1.30. The summed E-state index contributed by atoms with van der Waals surface area (Å²) in [7, 11) is 0. The molecule has 3 aromatic rings. The minimum absolute atomic E-state index is 0.581. The lowest BCUT2D eigenvalue weighted by atomic mass is 10.2. The molecule has 1 heterocycles. The maximum atomic E-state index is 5.84. The average molecular weight is 290 g/mol. The van der Waals surface area contributed by atoms with Gasteiger partial charge in [-0.05, 0) is 35.4 Å². The van der Waals surface area contributed by atoms with Gasteiger partial charge in [0.05, 0.1) is 0 Å². The van der Waals surface area contributed by atoms with Gasteiger partial charge in [0.25, 0.3) is 0 Å². The van der Waals surface area contributed by atoms with Gasteiger partial charge >= 0.3 is 0 Å². The van der Waals surface area contributed by atoms with Gasteiger partial charge in [0.2, 0.25) is 0 Å². The van der Waals surface area contributed by atoms with Gasteiger partial charge in [0.1, 0.15) is 18.2 Å². The van der Waals surface area contributed by atoms with E-state index in [4.69, 9.17) is 4.74 Å². The molecule has 0 amide bonds.